The quantitative estimate of drug-likeness (QED) is 0.626. The highest BCUT2D eigenvalue weighted by molar-refractivity contribution is 7.89. The molecular formula is C14H14F3N3O5S. The number of sulfonamides is 1. The smallest absolute Gasteiger partial charge is 0.416 e. The Balaban J connectivity index is 2.02. The van der Waals surface area contributed by atoms with Gasteiger partial charge in [0.05, 0.1) is 5.56 Å². The number of alkyl halides is 3. The maximum absolute atomic E-state index is 12.6. The maximum Gasteiger partial charge on any atom is 0.416 e. The van der Waals surface area contributed by atoms with Crippen LogP contribution in [0.3, 0.4) is 0 Å². The molecule has 0 aliphatic rings. The molecule has 2 rings (SSSR count). The number of aromatic amines is 2. The van der Waals surface area contributed by atoms with Gasteiger partial charge in [-0.3, -0.25) is 9.78 Å². The average Bonchev–Trinajstić information content (AvgIpc) is 2.49. The molecule has 26 heavy (non-hydrogen) atoms. The van der Waals surface area contributed by atoms with Crippen molar-refractivity contribution in [3.8, 4) is 5.75 Å². The number of aryl methyl sites for hydroxylation is 1. The van der Waals surface area contributed by atoms with Gasteiger partial charge in [-0.25, -0.2) is 17.9 Å². The second-order valence-electron chi connectivity index (χ2n) is 5.13. The minimum atomic E-state index is -4.52. The van der Waals surface area contributed by atoms with E-state index < -0.39 is 37.9 Å². The monoisotopic (exact) mass is 393 g/mol. The zero-order valence-corrected chi connectivity index (χ0v) is 14.1. The molecule has 0 saturated heterocycles. The van der Waals surface area contributed by atoms with E-state index in [0.29, 0.717) is 0 Å². The fourth-order valence-electron chi connectivity index (χ4n) is 2.09. The minimum Gasteiger partial charge on any atom is -0.492 e. The molecule has 0 saturated carbocycles. The molecule has 8 nitrogen and oxygen atoms in total. The SMILES string of the molecule is Cc1[nH]c(=O)[nH]c(=O)c1S(=O)(=O)NCCOc1cccc(C(F)(F)F)c1. The Bertz CT molecular complexity index is 1010. The molecule has 1 aromatic carbocycles. The Morgan fingerprint density at radius 1 is 1.19 bits per heavy atom. The third kappa shape index (κ3) is 4.73. The van der Waals surface area contributed by atoms with E-state index in [0.717, 1.165) is 18.2 Å². The number of nitrogens with one attached hydrogen (secondary N) is 3. The zero-order chi connectivity index (χ0) is 19.5. The van der Waals surface area contributed by atoms with Crippen LogP contribution in [0.15, 0.2) is 38.8 Å². The third-order valence-electron chi connectivity index (χ3n) is 3.17. The molecule has 0 fully saturated rings. The summed E-state index contributed by atoms with van der Waals surface area (Å²) < 4.78 is 69.2. The van der Waals surface area contributed by atoms with E-state index in [1.54, 1.807) is 4.98 Å². The molecule has 0 amide bonds. The summed E-state index contributed by atoms with van der Waals surface area (Å²) in [5.41, 5.74) is -2.98. The second kappa shape index (κ2) is 7.33. The van der Waals surface area contributed by atoms with Crippen molar-refractivity contribution in [2.24, 2.45) is 0 Å². The summed E-state index contributed by atoms with van der Waals surface area (Å²) in [6.45, 7) is 0.655. The molecule has 1 aromatic heterocycles. The first kappa shape index (κ1) is 19.7. The van der Waals surface area contributed by atoms with E-state index in [-0.39, 0.29) is 24.6 Å². The Morgan fingerprint density at radius 2 is 1.88 bits per heavy atom. The van der Waals surface area contributed by atoms with Crippen molar-refractivity contribution >= 4 is 10.0 Å². The van der Waals surface area contributed by atoms with Crippen molar-refractivity contribution in [1.29, 1.82) is 0 Å². The van der Waals surface area contributed by atoms with Crippen LogP contribution >= 0.6 is 0 Å². The van der Waals surface area contributed by atoms with Crippen LogP contribution in [0, 0.1) is 6.92 Å². The van der Waals surface area contributed by atoms with E-state index in [1.165, 1.54) is 13.0 Å². The van der Waals surface area contributed by atoms with E-state index >= 15 is 0 Å². The fourth-order valence-corrected chi connectivity index (χ4v) is 3.34. The van der Waals surface area contributed by atoms with Crippen LogP contribution in [0.2, 0.25) is 0 Å². The molecule has 12 heteroatoms. The first-order valence-electron chi connectivity index (χ1n) is 7.13. The molecule has 0 spiro atoms. The van der Waals surface area contributed by atoms with E-state index in [2.05, 4.69) is 9.71 Å². The van der Waals surface area contributed by atoms with Gasteiger partial charge in [0.25, 0.3) is 5.56 Å². The van der Waals surface area contributed by atoms with Crippen LogP contribution in [0.25, 0.3) is 0 Å². The number of halogens is 3. The van der Waals surface area contributed by atoms with Gasteiger partial charge in [0.2, 0.25) is 10.0 Å². The Hall–Kier alpha value is -2.60. The highest BCUT2D eigenvalue weighted by Gasteiger charge is 2.30. The van der Waals surface area contributed by atoms with Crippen molar-refractivity contribution in [3.63, 3.8) is 0 Å². The molecule has 142 valence electrons. The molecular weight excluding hydrogens is 379 g/mol. The van der Waals surface area contributed by atoms with Gasteiger partial charge in [0.15, 0.2) is 4.90 Å². The normalized spacial score (nSPS) is 12.2. The average molecular weight is 393 g/mol. The highest BCUT2D eigenvalue weighted by Crippen LogP contribution is 2.31. The molecule has 1 heterocycles. The Kier molecular flexibility index (Phi) is 5.56. The lowest BCUT2D eigenvalue weighted by Gasteiger charge is -2.11. The molecule has 0 atom stereocenters. The van der Waals surface area contributed by atoms with Crippen LogP contribution in [-0.4, -0.2) is 31.5 Å². The predicted molar refractivity (Wildman–Crippen MR) is 84.5 cm³/mol. The van der Waals surface area contributed by atoms with Crippen LogP contribution in [0.1, 0.15) is 11.3 Å². The molecule has 0 radical (unpaired) electrons. The van der Waals surface area contributed by atoms with E-state index in [4.69, 9.17) is 4.74 Å². The van der Waals surface area contributed by atoms with Gasteiger partial charge < -0.3 is 9.72 Å². The van der Waals surface area contributed by atoms with Crippen molar-refractivity contribution < 1.29 is 26.3 Å². The molecule has 0 aliphatic heterocycles. The second-order valence-corrected chi connectivity index (χ2v) is 6.84. The number of benzene rings is 1. The maximum atomic E-state index is 12.6. The molecule has 0 aliphatic carbocycles. The molecule has 2 aromatic rings. The van der Waals surface area contributed by atoms with Gasteiger partial charge in [0.1, 0.15) is 12.4 Å². The summed E-state index contributed by atoms with van der Waals surface area (Å²) in [6, 6.07) is 4.11. The third-order valence-corrected chi connectivity index (χ3v) is 4.78. The van der Waals surface area contributed by atoms with Crippen molar-refractivity contribution in [2.45, 2.75) is 18.0 Å². The number of ether oxygens (including phenoxy) is 1. The molecule has 0 unspecified atom stereocenters. The van der Waals surface area contributed by atoms with Crippen molar-refractivity contribution in [2.75, 3.05) is 13.2 Å². The zero-order valence-electron chi connectivity index (χ0n) is 13.3. The van der Waals surface area contributed by atoms with Crippen LogP contribution in [0.4, 0.5) is 13.2 Å². The summed E-state index contributed by atoms with van der Waals surface area (Å²) in [5.74, 6) is -0.0860. The summed E-state index contributed by atoms with van der Waals surface area (Å²) >= 11 is 0. The fraction of sp³-hybridized carbons (Fsp3) is 0.286. The standard InChI is InChI=1S/C14H14F3N3O5S/c1-8-11(12(21)20-13(22)19-8)26(23,24)18-5-6-25-10-4-2-3-9(7-10)14(15,16)17/h2-4,7,18H,5-6H2,1H3,(H2,19,20,21,22). The van der Waals surface area contributed by atoms with Gasteiger partial charge >= 0.3 is 11.9 Å². The number of H-pyrrole nitrogens is 2. The lowest BCUT2D eigenvalue weighted by molar-refractivity contribution is -0.137. The van der Waals surface area contributed by atoms with Crippen molar-refractivity contribution in [3.05, 3.63) is 56.4 Å². The summed E-state index contributed by atoms with van der Waals surface area (Å²) in [5, 5.41) is 0. The molecule has 0 bridgehead atoms. The van der Waals surface area contributed by atoms with Gasteiger partial charge in [0, 0.05) is 12.2 Å². The number of aromatic nitrogens is 2. The lowest BCUT2D eigenvalue weighted by atomic mass is 10.2. The van der Waals surface area contributed by atoms with Gasteiger partial charge in [-0.05, 0) is 25.1 Å². The van der Waals surface area contributed by atoms with Gasteiger partial charge in [-0.15, -0.1) is 0 Å². The van der Waals surface area contributed by atoms with Crippen LogP contribution < -0.4 is 20.7 Å². The molecule has 3 N–H and O–H groups in total. The summed E-state index contributed by atoms with van der Waals surface area (Å²) in [7, 11) is -4.25. The van der Waals surface area contributed by atoms with E-state index in [1.807, 2.05) is 0 Å². The van der Waals surface area contributed by atoms with Crippen LogP contribution in [-0.2, 0) is 16.2 Å². The number of hydrogen-bond donors (Lipinski definition) is 3. The highest BCUT2D eigenvalue weighted by atomic mass is 32.2. The number of hydrogen-bond acceptors (Lipinski definition) is 5. The summed E-state index contributed by atoms with van der Waals surface area (Å²) in [4.78, 5) is 26.0. The predicted octanol–water partition coefficient (Wildman–Crippen LogP) is 0.748. The largest absolute Gasteiger partial charge is 0.492 e. The van der Waals surface area contributed by atoms with Gasteiger partial charge in [-0.2, -0.15) is 13.2 Å². The summed E-state index contributed by atoms with van der Waals surface area (Å²) in [6.07, 6.45) is -4.52. The van der Waals surface area contributed by atoms with Gasteiger partial charge in [-0.1, -0.05) is 6.07 Å². The number of rotatable bonds is 6. The van der Waals surface area contributed by atoms with E-state index in [9.17, 15) is 31.2 Å². The first-order valence-corrected chi connectivity index (χ1v) is 8.62. The topological polar surface area (TPSA) is 121 Å². The lowest BCUT2D eigenvalue weighted by Crippen LogP contribution is -2.36. The van der Waals surface area contributed by atoms with Crippen molar-refractivity contribution in [1.82, 2.24) is 14.7 Å². The van der Waals surface area contributed by atoms with Crippen LogP contribution in [0.5, 0.6) is 5.75 Å². The minimum absolute atomic E-state index is 0.0860. The Morgan fingerprint density at radius 3 is 2.50 bits per heavy atom. The first-order chi connectivity index (χ1) is 12.0. The Labute approximate surface area is 145 Å².